The number of aromatic nitrogens is 2. The van der Waals surface area contributed by atoms with Gasteiger partial charge in [-0.2, -0.15) is 5.10 Å². The van der Waals surface area contributed by atoms with E-state index in [9.17, 15) is 8.42 Å². The lowest BCUT2D eigenvalue weighted by Crippen LogP contribution is -2.17. The Balaban J connectivity index is 2.53. The van der Waals surface area contributed by atoms with Gasteiger partial charge in [0.15, 0.2) is 9.84 Å². The monoisotopic (exact) mass is 333 g/mol. The van der Waals surface area contributed by atoms with Gasteiger partial charge in [0.1, 0.15) is 0 Å². The Labute approximate surface area is 135 Å². The van der Waals surface area contributed by atoms with E-state index in [-0.39, 0.29) is 16.9 Å². The molecule has 0 amide bonds. The highest BCUT2D eigenvalue weighted by molar-refractivity contribution is 7.90. The average molecular weight is 333 g/mol. The third-order valence-electron chi connectivity index (χ3n) is 3.33. The van der Waals surface area contributed by atoms with Crippen molar-refractivity contribution < 1.29 is 8.42 Å². The number of hydrogen-bond acceptors (Lipinski definition) is 4. The largest absolute Gasteiger partial charge is 0.237 e. The van der Waals surface area contributed by atoms with Crippen LogP contribution in [0, 0.1) is 0 Å². The second-order valence-corrected chi connectivity index (χ2v) is 8.35. The molecule has 0 bridgehead atoms. The molecule has 0 aliphatic carbocycles. The van der Waals surface area contributed by atoms with Crippen molar-refractivity contribution >= 4 is 9.84 Å². The smallest absolute Gasteiger partial charge is 0.175 e. The van der Waals surface area contributed by atoms with E-state index >= 15 is 0 Å². The Morgan fingerprint density at radius 3 is 2.35 bits per heavy atom. The highest BCUT2D eigenvalue weighted by Gasteiger charge is 2.22. The predicted molar refractivity (Wildman–Crippen MR) is 88.2 cm³/mol. The van der Waals surface area contributed by atoms with Crippen LogP contribution < -0.4 is 0 Å². The first-order valence-corrected chi connectivity index (χ1v) is 8.93. The van der Waals surface area contributed by atoms with Crippen LogP contribution in [-0.4, -0.2) is 24.5 Å². The number of rotatable bonds is 4. The summed E-state index contributed by atoms with van der Waals surface area (Å²) in [5, 5.41) is 8.02. The van der Waals surface area contributed by atoms with Crippen LogP contribution in [0.5, 0.6) is 0 Å². The summed E-state index contributed by atoms with van der Waals surface area (Å²) in [6.45, 7) is 6.35. The van der Waals surface area contributed by atoms with Crippen LogP contribution in [0.25, 0.3) is 16.1 Å². The molecule has 1 aromatic heterocycles. The van der Waals surface area contributed by atoms with Crippen molar-refractivity contribution in [2.45, 2.75) is 37.6 Å². The highest BCUT2D eigenvalue weighted by atomic mass is 32.2. The zero-order valence-electron chi connectivity index (χ0n) is 13.6. The molecule has 2 rings (SSSR count). The highest BCUT2D eigenvalue weighted by Crippen LogP contribution is 2.26. The second-order valence-electron chi connectivity index (χ2n) is 6.34. The standard InChI is InChI=1S/C15H19N5O2S/c1-15(2,3)14-9-11(10-17-19-16)18-20(14)12-5-7-13(8-6-12)23(4,21)22/h5-9H,10H2,1-4H3. The van der Waals surface area contributed by atoms with Crippen molar-refractivity contribution in [1.29, 1.82) is 0 Å². The summed E-state index contributed by atoms with van der Waals surface area (Å²) in [5.74, 6) is 0. The van der Waals surface area contributed by atoms with Gasteiger partial charge >= 0.3 is 0 Å². The first-order valence-electron chi connectivity index (χ1n) is 7.04. The quantitative estimate of drug-likeness (QED) is 0.487. The zero-order chi connectivity index (χ0) is 17.3. The van der Waals surface area contributed by atoms with Crippen LogP contribution in [0.15, 0.2) is 40.3 Å². The van der Waals surface area contributed by atoms with E-state index in [1.165, 1.54) is 6.26 Å². The second kappa shape index (κ2) is 6.06. The predicted octanol–water partition coefficient (Wildman–Crippen LogP) is 3.38. The molecule has 0 atom stereocenters. The first kappa shape index (κ1) is 17.1. The van der Waals surface area contributed by atoms with Crippen LogP contribution >= 0.6 is 0 Å². The molecular formula is C15H19N5O2S. The van der Waals surface area contributed by atoms with Gasteiger partial charge < -0.3 is 0 Å². The summed E-state index contributed by atoms with van der Waals surface area (Å²) in [7, 11) is -3.23. The number of nitrogens with zero attached hydrogens (tertiary/aromatic N) is 5. The Morgan fingerprint density at radius 1 is 1.26 bits per heavy atom. The SMILES string of the molecule is CC(C)(C)c1cc(CN=[N+]=[N-])nn1-c1ccc(S(C)(=O)=O)cc1. The molecule has 1 heterocycles. The van der Waals surface area contributed by atoms with E-state index in [1.54, 1.807) is 28.9 Å². The molecule has 0 saturated carbocycles. The summed E-state index contributed by atoms with van der Waals surface area (Å²) < 4.78 is 24.9. The van der Waals surface area contributed by atoms with Gasteiger partial charge in [-0.1, -0.05) is 25.9 Å². The Morgan fingerprint density at radius 2 is 1.87 bits per heavy atom. The molecule has 0 saturated heterocycles. The number of azide groups is 1. The maximum absolute atomic E-state index is 11.6. The van der Waals surface area contributed by atoms with E-state index in [0.29, 0.717) is 5.69 Å². The molecule has 0 spiro atoms. The summed E-state index contributed by atoms with van der Waals surface area (Å²) >= 11 is 0. The molecule has 0 radical (unpaired) electrons. The van der Waals surface area contributed by atoms with Gasteiger partial charge in [0.2, 0.25) is 0 Å². The molecule has 0 unspecified atom stereocenters. The minimum absolute atomic E-state index is 0.170. The summed E-state index contributed by atoms with van der Waals surface area (Å²) in [6.07, 6.45) is 1.18. The van der Waals surface area contributed by atoms with Gasteiger partial charge in [0.05, 0.1) is 22.8 Å². The molecule has 0 fully saturated rings. The fraction of sp³-hybridized carbons (Fsp3) is 0.400. The van der Waals surface area contributed by atoms with Gasteiger partial charge in [0, 0.05) is 22.3 Å². The Hall–Kier alpha value is -2.31. The summed E-state index contributed by atoms with van der Waals surface area (Å²) in [4.78, 5) is 3.02. The summed E-state index contributed by atoms with van der Waals surface area (Å²) in [6, 6.07) is 8.46. The lowest BCUT2D eigenvalue weighted by atomic mass is 9.91. The number of benzene rings is 1. The van der Waals surface area contributed by atoms with Gasteiger partial charge in [-0.3, -0.25) is 0 Å². The average Bonchev–Trinajstić information content (AvgIpc) is 2.88. The van der Waals surface area contributed by atoms with Crippen molar-refractivity contribution in [2.24, 2.45) is 5.11 Å². The minimum atomic E-state index is -3.23. The van der Waals surface area contributed by atoms with Gasteiger partial charge in [-0.25, -0.2) is 13.1 Å². The Kier molecular flexibility index (Phi) is 4.49. The topological polar surface area (TPSA) is 101 Å². The van der Waals surface area contributed by atoms with Crippen LogP contribution in [0.2, 0.25) is 0 Å². The maximum Gasteiger partial charge on any atom is 0.175 e. The number of sulfone groups is 1. The van der Waals surface area contributed by atoms with Crippen molar-refractivity contribution in [1.82, 2.24) is 9.78 Å². The molecule has 7 nitrogen and oxygen atoms in total. The molecular weight excluding hydrogens is 314 g/mol. The molecule has 0 aliphatic rings. The normalized spacial score (nSPS) is 12.0. The fourth-order valence-corrected chi connectivity index (χ4v) is 2.81. The van der Waals surface area contributed by atoms with Crippen molar-refractivity contribution in [3.05, 3.63) is 52.2 Å². The molecule has 122 valence electrons. The molecule has 23 heavy (non-hydrogen) atoms. The van der Waals surface area contributed by atoms with E-state index < -0.39 is 9.84 Å². The van der Waals surface area contributed by atoms with E-state index in [2.05, 4.69) is 35.9 Å². The molecule has 2 aromatic rings. The van der Waals surface area contributed by atoms with Crippen LogP contribution in [-0.2, 0) is 21.8 Å². The Bertz CT molecular complexity index is 854. The lowest BCUT2D eigenvalue weighted by molar-refractivity contribution is 0.543. The van der Waals surface area contributed by atoms with Crippen LogP contribution in [0.4, 0.5) is 0 Å². The first-order chi connectivity index (χ1) is 10.6. The molecule has 0 aliphatic heterocycles. The third-order valence-corrected chi connectivity index (χ3v) is 4.46. The van der Waals surface area contributed by atoms with Crippen LogP contribution in [0.3, 0.4) is 0 Å². The summed E-state index contributed by atoms with van der Waals surface area (Å²) in [5.41, 5.74) is 10.7. The van der Waals surface area contributed by atoms with E-state index in [1.807, 2.05) is 6.07 Å². The van der Waals surface area contributed by atoms with E-state index in [4.69, 9.17) is 5.53 Å². The third kappa shape index (κ3) is 3.91. The molecule has 1 aromatic carbocycles. The van der Waals surface area contributed by atoms with Crippen molar-refractivity contribution in [3.63, 3.8) is 0 Å². The van der Waals surface area contributed by atoms with Crippen LogP contribution in [0.1, 0.15) is 32.2 Å². The van der Waals surface area contributed by atoms with Crippen molar-refractivity contribution in [3.8, 4) is 5.69 Å². The van der Waals surface area contributed by atoms with Gasteiger partial charge in [0.25, 0.3) is 0 Å². The molecule has 0 N–H and O–H groups in total. The number of hydrogen-bond donors (Lipinski definition) is 0. The van der Waals surface area contributed by atoms with Crippen molar-refractivity contribution in [2.75, 3.05) is 6.26 Å². The van der Waals surface area contributed by atoms with Gasteiger partial charge in [-0.05, 0) is 35.9 Å². The minimum Gasteiger partial charge on any atom is -0.237 e. The fourth-order valence-electron chi connectivity index (χ4n) is 2.18. The zero-order valence-corrected chi connectivity index (χ0v) is 14.4. The van der Waals surface area contributed by atoms with Gasteiger partial charge in [-0.15, -0.1) is 0 Å². The molecule has 8 heteroatoms. The lowest BCUT2D eigenvalue weighted by Gasteiger charge is -2.20. The van der Waals surface area contributed by atoms with E-state index in [0.717, 1.165) is 11.4 Å². The maximum atomic E-state index is 11.6.